The maximum atomic E-state index is 12.9. The highest BCUT2D eigenvalue weighted by molar-refractivity contribution is 5.54. The Morgan fingerprint density at radius 1 is 1.44 bits per heavy atom. The van der Waals surface area contributed by atoms with Gasteiger partial charge in [0.2, 0.25) is 0 Å². The minimum absolute atomic E-state index is 0.192. The number of nitrogens with zero attached hydrogens (tertiary/aromatic N) is 2. The number of halogens is 2. The number of aromatic nitrogens is 2. The number of fused-ring (bicyclic) bond motifs is 1. The Morgan fingerprint density at radius 3 is 2.88 bits per heavy atom. The van der Waals surface area contributed by atoms with Crippen LogP contribution in [0.25, 0.3) is 0 Å². The highest BCUT2D eigenvalue weighted by Gasteiger charge is 2.58. The first-order valence-electron chi connectivity index (χ1n) is 5.11. The van der Waals surface area contributed by atoms with Crippen LogP contribution in [0.3, 0.4) is 0 Å². The second-order valence-electron chi connectivity index (χ2n) is 4.53. The van der Waals surface area contributed by atoms with E-state index in [4.69, 9.17) is 4.74 Å². The molecular formula is C10H11F2N3O. The van der Waals surface area contributed by atoms with Gasteiger partial charge in [0.25, 0.3) is 5.92 Å². The molecule has 1 aromatic heterocycles. The van der Waals surface area contributed by atoms with Gasteiger partial charge in [0, 0.05) is 12.8 Å². The zero-order valence-electron chi connectivity index (χ0n) is 8.76. The number of aryl methyl sites for hydroxylation is 1. The summed E-state index contributed by atoms with van der Waals surface area (Å²) < 4.78 is 31.2. The summed E-state index contributed by atoms with van der Waals surface area (Å²) in [6.45, 7) is 2.00. The molecule has 4 nitrogen and oxygen atoms in total. The Hall–Kier alpha value is -1.46. The van der Waals surface area contributed by atoms with Crippen LogP contribution in [0.2, 0.25) is 0 Å². The summed E-state index contributed by atoms with van der Waals surface area (Å²) in [6, 6.07) is 0. The summed E-state index contributed by atoms with van der Waals surface area (Å²) in [5, 5.41) is 3.05. The van der Waals surface area contributed by atoms with Crippen molar-refractivity contribution in [1.82, 2.24) is 9.97 Å². The predicted molar refractivity (Wildman–Crippen MR) is 52.8 cm³/mol. The van der Waals surface area contributed by atoms with Crippen molar-refractivity contribution in [1.29, 1.82) is 0 Å². The minimum atomic E-state index is -2.57. The summed E-state index contributed by atoms with van der Waals surface area (Å²) in [5.41, 5.74) is -0.642. The lowest BCUT2D eigenvalue weighted by atomic mass is 9.73. The number of nitrogens with one attached hydrogen (secondary N) is 1. The third-order valence-electron chi connectivity index (χ3n) is 2.96. The maximum Gasteiger partial charge on any atom is 0.252 e. The molecule has 86 valence electrons. The highest BCUT2D eigenvalue weighted by atomic mass is 19.3. The van der Waals surface area contributed by atoms with E-state index in [0.717, 1.165) is 0 Å². The first kappa shape index (κ1) is 9.74. The molecule has 1 saturated carbocycles. The van der Waals surface area contributed by atoms with E-state index in [9.17, 15) is 8.78 Å². The molecule has 1 aromatic rings. The Morgan fingerprint density at radius 2 is 2.19 bits per heavy atom. The number of hydrogen-bond acceptors (Lipinski definition) is 4. The lowest BCUT2D eigenvalue weighted by Crippen LogP contribution is -2.61. The van der Waals surface area contributed by atoms with Gasteiger partial charge >= 0.3 is 0 Å². The van der Waals surface area contributed by atoms with E-state index in [2.05, 4.69) is 15.3 Å². The monoisotopic (exact) mass is 227 g/mol. The second kappa shape index (κ2) is 2.81. The molecule has 3 rings (SSSR count). The number of ether oxygens (including phenoxy) is 1. The van der Waals surface area contributed by atoms with E-state index in [0.29, 0.717) is 17.4 Å². The zero-order valence-corrected chi connectivity index (χ0v) is 8.76. The summed E-state index contributed by atoms with van der Waals surface area (Å²) in [6.07, 6.45) is 1.18. The normalized spacial score (nSPS) is 23.9. The molecule has 1 fully saturated rings. The summed E-state index contributed by atoms with van der Waals surface area (Å²) >= 11 is 0. The van der Waals surface area contributed by atoms with Crippen molar-refractivity contribution in [2.45, 2.75) is 31.2 Å². The molecule has 0 bridgehead atoms. The average molecular weight is 227 g/mol. The third kappa shape index (κ3) is 1.40. The fourth-order valence-electron chi connectivity index (χ4n) is 2.29. The van der Waals surface area contributed by atoms with Gasteiger partial charge in [-0.15, -0.1) is 0 Å². The molecule has 0 unspecified atom stereocenters. The van der Waals surface area contributed by atoms with Crippen LogP contribution >= 0.6 is 0 Å². The Labute approximate surface area is 91.0 Å². The van der Waals surface area contributed by atoms with Gasteiger partial charge in [-0.05, 0) is 6.92 Å². The van der Waals surface area contributed by atoms with Crippen molar-refractivity contribution in [3.63, 3.8) is 0 Å². The molecule has 1 N–H and O–H groups in total. The van der Waals surface area contributed by atoms with Gasteiger partial charge in [0.1, 0.15) is 12.4 Å². The molecule has 2 heterocycles. The van der Waals surface area contributed by atoms with E-state index in [1.165, 1.54) is 0 Å². The maximum absolute atomic E-state index is 12.9. The van der Waals surface area contributed by atoms with Crippen molar-refractivity contribution in [2.75, 3.05) is 11.9 Å². The lowest BCUT2D eigenvalue weighted by Gasteiger charge is -2.49. The highest BCUT2D eigenvalue weighted by Crippen LogP contribution is 2.49. The Bertz CT molecular complexity index is 442. The molecule has 0 atom stereocenters. The average Bonchev–Trinajstić information content (AvgIpc) is 2.13. The van der Waals surface area contributed by atoms with E-state index in [-0.39, 0.29) is 19.4 Å². The topological polar surface area (TPSA) is 47.0 Å². The van der Waals surface area contributed by atoms with Crippen LogP contribution in [0.1, 0.15) is 18.7 Å². The number of rotatable bonds is 0. The first-order valence-corrected chi connectivity index (χ1v) is 5.11. The van der Waals surface area contributed by atoms with Crippen molar-refractivity contribution >= 4 is 5.82 Å². The van der Waals surface area contributed by atoms with Crippen molar-refractivity contribution in [3.05, 3.63) is 12.0 Å². The molecule has 0 aromatic carbocycles. The largest absolute Gasteiger partial charge is 0.486 e. The van der Waals surface area contributed by atoms with Crippen LogP contribution in [0.5, 0.6) is 5.75 Å². The molecule has 2 aliphatic rings. The number of hydrogen-bond donors (Lipinski definition) is 1. The van der Waals surface area contributed by atoms with Crippen LogP contribution in [-0.4, -0.2) is 28.0 Å². The van der Waals surface area contributed by atoms with Crippen molar-refractivity contribution in [2.24, 2.45) is 0 Å². The van der Waals surface area contributed by atoms with Gasteiger partial charge in [-0.25, -0.2) is 18.7 Å². The quantitative estimate of drug-likeness (QED) is 0.733. The van der Waals surface area contributed by atoms with E-state index < -0.39 is 11.5 Å². The third-order valence-corrected chi connectivity index (χ3v) is 2.96. The standard InChI is InChI=1S/C10H11F2N3O/c1-6-13-2-7-8(14-6)15-9(5-16-7)3-10(11,12)4-9/h2H,3-5H2,1H3,(H,13,14,15). The smallest absolute Gasteiger partial charge is 0.252 e. The van der Waals surface area contributed by atoms with Crippen LogP contribution < -0.4 is 10.1 Å². The van der Waals surface area contributed by atoms with E-state index in [1.807, 2.05) is 0 Å². The van der Waals surface area contributed by atoms with Gasteiger partial charge < -0.3 is 10.1 Å². The Kier molecular flexibility index (Phi) is 1.71. The molecule has 1 spiro atoms. The SMILES string of the molecule is Cc1ncc2c(n1)NC1(CO2)CC(F)(F)C1. The van der Waals surface area contributed by atoms with E-state index >= 15 is 0 Å². The molecule has 16 heavy (non-hydrogen) atoms. The number of alkyl halides is 2. The summed E-state index contributed by atoms with van der Waals surface area (Å²) in [4.78, 5) is 8.14. The second-order valence-corrected chi connectivity index (χ2v) is 4.53. The van der Waals surface area contributed by atoms with Crippen LogP contribution in [-0.2, 0) is 0 Å². The Balaban J connectivity index is 1.87. The van der Waals surface area contributed by atoms with Gasteiger partial charge in [-0.1, -0.05) is 0 Å². The van der Waals surface area contributed by atoms with Crippen molar-refractivity contribution < 1.29 is 13.5 Å². The molecule has 0 amide bonds. The molecule has 1 aliphatic carbocycles. The lowest BCUT2D eigenvalue weighted by molar-refractivity contribution is -0.126. The van der Waals surface area contributed by atoms with Crippen LogP contribution in [0.15, 0.2) is 6.20 Å². The van der Waals surface area contributed by atoms with Crippen LogP contribution in [0.4, 0.5) is 14.6 Å². The van der Waals surface area contributed by atoms with E-state index in [1.54, 1.807) is 13.1 Å². The molecule has 0 radical (unpaired) electrons. The fraction of sp³-hybridized carbons (Fsp3) is 0.600. The molecule has 1 aliphatic heterocycles. The predicted octanol–water partition coefficient (Wildman–Crippen LogP) is 1.76. The van der Waals surface area contributed by atoms with Gasteiger partial charge in [0.15, 0.2) is 11.6 Å². The number of anilines is 1. The first-order chi connectivity index (χ1) is 7.48. The molecule has 6 heteroatoms. The van der Waals surface area contributed by atoms with Gasteiger partial charge in [-0.2, -0.15) is 0 Å². The zero-order chi connectivity index (χ0) is 11.4. The molecular weight excluding hydrogens is 216 g/mol. The molecule has 0 saturated heterocycles. The minimum Gasteiger partial charge on any atom is -0.486 e. The van der Waals surface area contributed by atoms with Gasteiger partial charge in [0.05, 0.1) is 11.7 Å². The fourth-order valence-corrected chi connectivity index (χ4v) is 2.29. The summed E-state index contributed by atoms with van der Waals surface area (Å²) in [7, 11) is 0. The van der Waals surface area contributed by atoms with Crippen LogP contribution in [0, 0.1) is 6.92 Å². The van der Waals surface area contributed by atoms with Crippen molar-refractivity contribution in [3.8, 4) is 5.75 Å². The van der Waals surface area contributed by atoms with Gasteiger partial charge in [-0.3, -0.25) is 0 Å². The summed E-state index contributed by atoms with van der Waals surface area (Å²) in [5.74, 6) is -0.922.